The van der Waals surface area contributed by atoms with Crippen molar-refractivity contribution in [3.63, 3.8) is 0 Å². The molecule has 0 aliphatic heterocycles. The van der Waals surface area contributed by atoms with Gasteiger partial charge in [0.15, 0.2) is 0 Å². The number of rotatable bonds is 1. The number of hydrogen-bond acceptors (Lipinski definition) is 0. The third kappa shape index (κ3) is 2.61. The van der Waals surface area contributed by atoms with Crippen LogP contribution in [-0.4, -0.2) is 0 Å². The van der Waals surface area contributed by atoms with Gasteiger partial charge in [0.25, 0.3) is 0 Å². The molecule has 0 aromatic heterocycles. The van der Waals surface area contributed by atoms with E-state index in [1.165, 1.54) is 103 Å². The Hall–Kier alpha value is -5.20. The Morgan fingerprint density at radius 2 is 0.902 bits per heavy atom. The van der Waals surface area contributed by atoms with Crippen LogP contribution in [-0.2, 0) is 0 Å². The lowest BCUT2D eigenvalue weighted by Gasteiger charge is -2.15. The highest BCUT2D eigenvalue weighted by Crippen LogP contribution is 2.51. The zero-order valence-electron chi connectivity index (χ0n) is 22.6. The fourth-order valence-corrected chi connectivity index (χ4v) is 8.01. The van der Waals surface area contributed by atoms with Crippen LogP contribution in [0.15, 0.2) is 127 Å². The monoisotopic (exact) mass is 516 g/mol. The van der Waals surface area contributed by atoms with Gasteiger partial charge in [-0.1, -0.05) is 109 Å². The zero-order valence-corrected chi connectivity index (χ0v) is 22.6. The number of benzene rings is 8. The lowest BCUT2D eigenvalue weighted by Crippen LogP contribution is -1.88. The molecule has 0 bridgehead atoms. The van der Waals surface area contributed by atoms with Crippen molar-refractivity contribution in [2.45, 2.75) is 6.92 Å². The normalized spacial score (nSPS) is 12.5. The first kappa shape index (κ1) is 21.6. The molecule has 0 N–H and O–H groups in total. The summed E-state index contributed by atoms with van der Waals surface area (Å²) in [5, 5.41) is 21.6. The molecular formula is C41H24. The minimum Gasteiger partial charge on any atom is -0.0622 e. The van der Waals surface area contributed by atoms with Crippen LogP contribution in [0, 0.1) is 6.92 Å². The van der Waals surface area contributed by atoms with Crippen LogP contribution < -0.4 is 0 Å². The van der Waals surface area contributed by atoms with Crippen LogP contribution in [0.1, 0.15) is 5.56 Å². The summed E-state index contributed by atoms with van der Waals surface area (Å²) in [5.74, 6) is 0. The standard InChI is InChI=1S/C41H24/c1-23-32-21-33-29-16-7-13-24-14-8-17-30(38(24)29)34(33)22-35(32)39(25-10-3-2-4-11-25)41-31-19-9-18-28-27-15-6-5-12-26(27)20-36(37(23)41)40(28)31/h2-22H,1H3. The van der Waals surface area contributed by atoms with Gasteiger partial charge in [-0.3, -0.25) is 0 Å². The van der Waals surface area contributed by atoms with Crippen LogP contribution in [0.2, 0.25) is 0 Å². The molecule has 0 heterocycles. The maximum atomic E-state index is 2.49. The molecule has 0 heteroatoms. The van der Waals surface area contributed by atoms with E-state index in [0.717, 1.165) is 0 Å². The zero-order chi connectivity index (χ0) is 26.8. The van der Waals surface area contributed by atoms with E-state index < -0.39 is 0 Å². The first-order chi connectivity index (χ1) is 20.3. The quantitative estimate of drug-likeness (QED) is 0.190. The molecule has 0 aliphatic carbocycles. The van der Waals surface area contributed by atoms with Crippen molar-refractivity contribution < 1.29 is 0 Å². The Morgan fingerprint density at radius 3 is 1.68 bits per heavy atom. The van der Waals surface area contributed by atoms with Gasteiger partial charge in [0.05, 0.1) is 0 Å². The second kappa shape index (κ2) is 7.50. The van der Waals surface area contributed by atoms with Gasteiger partial charge in [-0.15, -0.1) is 0 Å². The van der Waals surface area contributed by atoms with Crippen molar-refractivity contribution in [1.82, 2.24) is 0 Å². The van der Waals surface area contributed by atoms with E-state index in [9.17, 15) is 0 Å². The molecule has 10 aromatic rings. The number of aryl methyl sites for hydroxylation is 1. The van der Waals surface area contributed by atoms with Crippen molar-refractivity contribution >= 4 is 86.2 Å². The van der Waals surface area contributed by atoms with E-state index in [4.69, 9.17) is 0 Å². The van der Waals surface area contributed by atoms with Crippen LogP contribution >= 0.6 is 0 Å². The maximum Gasteiger partial charge on any atom is -0.00110 e. The molecular weight excluding hydrogens is 492 g/mol. The van der Waals surface area contributed by atoms with Crippen molar-refractivity contribution in [2.75, 3.05) is 0 Å². The summed E-state index contributed by atoms with van der Waals surface area (Å²) in [6.07, 6.45) is 0. The molecule has 10 aromatic carbocycles. The second-order valence-corrected chi connectivity index (χ2v) is 11.6. The largest absolute Gasteiger partial charge is 0.0622 e. The average molecular weight is 517 g/mol. The van der Waals surface area contributed by atoms with Gasteiger partial charge in [-0.2, -0.15) is 0 Å². The predicted octanol–water partition coefficient (Wildman–Crippen LogP) is 11.8. The van der Waals surface area contributed by atoms with Crippen LogP contribution in [0.25, 0.3) is 97.3 Å². The van der Waals surface area contributed by atoms with Gasteiger partial charge >= 0.3 is 0 Å². The van der Waals surface area contributed by atoms with Crippen molar-refractivity contribution in [2.24, 2.45) is 0 Å². The highest BCUT2D eigenvalue weighted by Gasteiger charge is 2.23. The fraction of sp³-hybridized carbons (Fsp3) is 0.0244. The van der Waals surface area contributed by atoms with Crippen molar-refractivity contribution in [1.29, 1.82) is 0 Å². The summed E-state index contributed by atoms with van der Waals surface area (Å²) >= 11 is 0. The summed E-state index contributed by atoms with van der Waals surface area (Å²) in [5.41, 5.74) is 3.99. The predicted molar refractivity (Wildman–Crippen MR) is 179 cm³/mol. The Morgan fingerprint density at radius 1 is 0.317 bits per heavy atom. The minimum absolute atomic E-state index is 1.27. The molecule has 10 rings (SSSR count). The molecule has 0 spiro atoms. The maximum absolute atomic E-state index is 2.49. The van der Waals surface area contributed by atoms with Gasteiger partial charge < -0.3 is 0 Å². The van der Waals surface area contributed by atoms with E-state index in [1.807, 2.05) is 0 Å². The smallest absolute Gasteiger partial charge is 0.00110 e. The molecule has 0 amide bonds. The fourth-order valence-electron chi connectivity index (χ4n) is 8.01. The van der Waals surface area contributed by atoms with Crippen LogP contribution in [0.4, 0.5) is 0 Å². The molecule has 0 fully saturated rings. The van der Waals surface area contributed by atoms with Crippen LogP contribution in [0.5, 0.6) is 0 Å². The molecule has 0 aliphatic rings. The van der Waals surface area contributed by atoms with E-state index in [1.54, 1.807) is 0 Å². The Labute approximate surface area is 236 Å². The van der Waals surface area contributed by atoms with E-state index >= 15 is 0 Å². The second-order valence-electron chi connectivity index (χ2n) is 11.6. The van der Waals surface area contributed by atoms with E-state index in [0.29, 0.717) is 0 Å². The summed E-state index contributed by atoms with van der Waals surface area (Å²) in [6, 6.07) is 47.7. The molecule has 41 heavy (non-hydrogen) atoms. The van der Waals surface area contributed by atoms with E-state index in [2.05, 4.69) is 134 Å². The Balaban J connectivity index is 1.53. The van der Waals surface area contributed by atoms with Gasteiger partial charge in [0.1, 0.15) is 0 Å². The van der Waals surface area contributed by atoms with E-state index in [-0.39, 0.29) is 0 Å². The van der Waals surface area contributed by atoms with Crippen molar-refractivity contribution in [3.8, 4) is 11.1 Å². The SMILES string of the molecule is Cc1c2cc3c(cc2c(-c2ccccc2)c2c4cccc5c6ccccc6cc(c12)c54)c1cccc2cccc3c21. The summed E-state index contributed by atoms with van der Waals surface area (Å²) in [6.45, 7) is 2.35. The highest BCUT2D eigenvalue weighted by molar-refractivity contribution is 6.41. The van der Waals surface area contributed by atoms with Crippen molar-refractivity contribution in [3.05, 3.63) is 133 Å². The molecule has 0 nitrogen and oxygen atoms in total. The molecule has 0 unspecified atom stereocenters. The highest BCUT2D eigenvalue weighted by atomic mass is 14.3. The third-order valence-corrected chi connectivity index (χ3v) is 9.68. The van der Waals surface area contributed by atoms with Gasteiger partial charge in [0.2, 0.25) is 0 Å². The number of hydrogen-bond donors (Lipinski definition) is 0. The first-order valence-corrected chi connectivity index (χ1v) is 14.5. The first-order valence-electron chi connectivity index (χ1n) is 14.5. The minimum atomic E-state index is 1.27. The van der Waals surface area contributed by atoms with Gasteiger partial charge in [0, 0.05) is 0 Å². The molecule has 0 saturated heterocycles. The Kier molecular flexibility index (Phi) is 3.95. The summed E-state index contributed by atoms with van der Waals surface area (Å²) < 4.78 is 0. The van der Waals surface area contributed by atoms with Gasteiger partial charge in [-0.25, -0.2) is 0 Å². The topological polar surface area (TPSA) is 0 Å². The lowest BCUT2D eigenvalue weighted by molar-refractivity contribution is 1.61. The molecule has 0 saturated carbocycles. The average Bonchev–Trinajstić information content (AvgIpc) is 3.52. The summed E-state index contributed by atoms with van der Waals surface area (Å²) in [4.78, 5) is 0. The molecule has 0 atom stereocenters. The summed E-state index contributed by atoms with van der Waals surface area (Å²) in [7, 11) is 0. The number of fused-ring (bicyclic) bond motifs is 9. The van der Waals surface area contributed by atoms with Gasteiger partial charge in [-0.05, 0) is 128 Å². The van der Waals surface area contributed by atoms with Crippen LogP contribution in [0.3, 0.4) is 0 Å². The lowest BCUT2D eigenvalue weighted by atomic mass is 9.88. The molecule has 0 radical (unpaired) electrons. The third-order valence-electron chi connectivity index (χ3n) is 9.68. The Bertz CT molecular complexity index is 2670. The molecule has 188 valence electrons.